The van der Waals surface area contributed by atoms with E-state index in [9.17, 15) is 9.59 Å². The molecule has 2 aliphatic rings. The van der Waals surface area contributed by atoms with Crippen molar-refractivity contribution in [1.82, 2.24) is 4.90 Å². The van der Waals surface area contributed by atoms with Crippen LogP contribution < -0.4 is 4.74 Å². The first-order valence-corrected chi connectivity index (χ1v) is 8.74. The zero-order valence-corrected chi connectivity index (χ0v) is 14.2. The molecule has 0 aromatic heterocycles. The summed E-state index contributed by atoms with van der Waals surface area (Å²) in [5.74, 6) is 0.0358. The predicted octanol–water partition coefficient (Wildman–Crippen LogP) is 2.97. The number of nitrogens with zero attached hydrogens (tertiary/aromatic N) is 1. The molecular formula is C19H25NO4. The van der Waals surface area contributed by atoms with E-state index < -0.39 is 11.4 Å². The van der Waals surface area contributed by atoms with Crippen LogP contribution in [0.1, 0.15) is 50.5 Å². The van der Waals surface area contributed by atoms with Crippen molar-refractivity contribution >= 4 is 11.9 Å². The molecule has 1 unspecified atom stereocenters. The van der Waals surface area contributed by atoms with Gasteiger partial charge in [0.1, 0.15) is 5.75 Å². The number of methoxy groups -OCH3 is 1. The van der Waals surface area contributed by atoms with Crippen molar-refractivity contribution in [3.63, 3.8) is 0 Å². The van der Waals surface area contributed by atoms with Gasteiger partial charge in [0.2, 0.25) is 5.91 Å². The SMILES string of the molecule is COc1cccc(C2(C(=O)N3CCCC3CC(=O)O)CCCC2)c1. The van der Waals surface area contributed by atoms with Crippen LogP contribution in [0.2, 0.25) is 0 Å². The fraction of sp³-hybridized carbons (Fsp3) is 0.579. The molecule has 1 amide bonds. The number of carbonyl (C=O) groups excluding carboxylic acids is 1. The van der Waals surface area contributed by atoms with E-state index in [4.69, 9.17) is 9.84 Å². The summed E-state index contributed by atoms with van der Waals surface area (Å²) in [6, 6.07) is 7.62. The fourth-order valence-corrected chi connectivity index (χ4v) is 4.32. The van der Waals surface area contributed by atoms with Crippen molar-refractivity contribution < 1.29 is 19.4 Å². The van der Waals surface area contributed by atoms with Gasteiger partial charge in [0.05, 0.1) is 18.9 Å². The van der Waals surface area contributed by atoms with Crippen LogP contribution in [0.5, 0.6) is 5.75 Å². The maximum absolute atomic E-state index is 13.5. The maximum atomic E-state index is 13.5. The minimum atomic E-state index is -0.832. The summed E-state index contributed by atoms with van der Waals surface area (Å²) in [6.07, 6.45) is 5.43. The van der Waals surface area contributed by atoms with E-state index in [1.165, 1.54) is 0 Å². The highest BCUT2D eigenvalue weighted by Gasteiger charge is 2.47. The molecule has 2 fully saturated rings. The molecule has 1 heterocycles. The molecule has 0 radical (unpaired) electrons. The third-order valence-electron chi connectivity index (χ3n) is 5.54. The number of hydrogen-bond donors (Lipinski definition) is 1. The van der Waals surface area contributed by atoms with Gasteiger partial charge in [0, 0.05) is 12.6 Å². The molecule has 1 aromatic rings. The van der Waals surface area contributed by atoms with E-state index in [1.807, 2.05) is 29.2 Å². The van der Waals surface area contributed by atoms with Gasteiger partial charge in [-0.3, -0.25) is 9.59 Å². The zero-order chi connectivity index (χ0) is 17.2. The predicted molar refractivity (Wildman–Crippen MR) is 90.1 cm³/mol. The minimum Gasteiger partial charge on any atom is -0.497 e. The van der Waals surface area contributed by atoms with Crippen molar-refractivity contribution in [1.29, 1.82) is 0 Å². The highest BCUT2D eigenvalue weighted by Crippen LogP contribution is 2.44. The van der Waals surface area contributed by atoms with Crippen LogP contribution in [0, 0.1) is 0 Å². The number of rotatable bonds is 5. The molecule has 24 heavy (non-hydrogen) atoms. The Bertz CT molecular complexity index is 622. The monoisotopic (exact) mass is 331 g/mol. The Labute approximate surface area is 142 Å². The number of amides is 1. The molecule has 130 valence electrons. The van der Waals surface area contributed by atoms with Gasteiger partial charge in [-0.2, -0.15) is 0 Å². The van der Waals surface area contributed by atoms with E-state index in [-0.39, 0.29) is 18.4 Å². The molecule has 1 atom stereocenters. The Kier molecular flexibility index (Phi) is 4.78. The third kappa shape index (κ3) is 2.99. The molecule has 0 spiro atoms. The standard InChI is InChI=1S/C19H25NO4/c1-24-16-8-4-6-14(12-16)19(9-2-3-10-19)18(23)20-11-5-7-15(20)13-17(21)22/h4,6,8,12,15H,2-3,5,7,9-11,13H2,1H3,(H,21,22). The van der Waals surface area contributed by atoms with Gasteiger partial charge in [0.25, 0.3) is 0 Å². The topological polar surface area (TPSA) is 66.8 Å². The number of carboxylic acids is 1. The molecule has 1 saturated heterocycles. The molecule has 5 nitrogen and oxygen atoms in total. The molecule has 5 heteroatoms. The summed E-state index contributed by atoms with van der Waals surface area (Å²) in [6.45, 7) is 0.669. The lowest BCUT2D eigenvalue weighted by Crippen LogP contribution is -2.48. The number of carboxylic acid groups (broad SMARTS) is 1. The van der Waals surface area contributed by atoms with Crippen LogP contribution in [0.4, 0.5) is 0 Å². The summed E-state index contributed by atoms with van der Waals surface area (Å²) >= 11 is 0. The number of hydrogen-bond acceptors (Lipinski definition) is 3. The maximum Gasteiger partial charge on any atom is 0.305 e. The van der Waals surface area contributed by atoms with Gasteiger partial charge in [-0.15, -0.1) is 0 Å². The second-order valence-electron chi connectivity index (χ2n) is 6.91. The average molecular weight is 331 g/mol. The molecule has 3 rings (SSSR count). The van der Waals surface area contributed by atoms with Gasteiger partial charge < -0.3 is 14.7 Å². The fourth-order valence-electron chi connectivity index (χ4n) is 4.32. The van der Waals surface area contributed by atoms with E-state index in [0.29, 0.717) is 6.54 Å². The first kappa shape index (κ1) is 16.8. The summed E-state index contributed by atoms with van der Waals surface area (Å²) in [5.41, 5.74) is 0.487. The van der Waals surface area contributed by atoms with Gasteiger partial charge in [0.15, 0.2) is 0 Å². The Morgan fingerprint density at radius 3 is 2.71 bits per heavy atom. The lowest BCUT2D eigenvalue weighted by Gasteiger charge is -2.35. The van der Waals surface area contributed by atoms with E-state index in [1.54, 1.807) is 7.11 Å². The van der Waals surface area contributed by atoms with Crippen molar-refractivity contribution in [2.75, 3.05) is 13.7 Å². The van der Waals surface area contributed by atoms with Gasteiger partial charge in [-0.25, -0.2) is 0 Å². The highest BCUT2D eigenvalue weighted by atomic mass is 16.5. The first-order chi connectivity index (χ1) is 11.6. The van der Waals surface area contributed by atoms with Gasteiger partial charge in [-0.1, -0.05) is 25.0 Å². The van der Waals surface area contributed by atoms with Crippen LogP contribution >= 0.6 is 0 Å². The second-order valence-corrected chi connectivity index (χ2v) is 6.91. The number of benzene rings is 1. The minimum absolute atomic E-state index is 0.0416. The first-order valence-electron chi connectivity index (χ1n) is 8.74. The Hall–Kier alpha value is -2.04. The zero-order valence-electron chi connectivity index (χ0n) is 14.2. The molecular weight excluding hydrogens is 306 g/mol. The quantitative estimate of drug-likeness (QED) is 0.901. The molecule has 1 saturated carbocycles. The van der Waals surface area contributed by atoms with Crippen LogP contribution in [0.3, 0.4) is 0 Å². The summed E-state index contributed by atoms with van der Waals surface area (Å²) in [4.78, 5) is 26.4. The normalized spacial score (nSPS) is 22.5. The molecule has 0 bridgehead atoms. The lowest BCUT2D eigenvalue weighted by molar-refractivity contribution is -0.142. The summed E-state index contributed by atoms with van der Waals surface area (Å²) in [5, 5.41) is 9.13. The second kappa shape index (κ2) is 6.83. The van der Waals surface area contributed by atoms with E-state index in [2.05, 4.69) is 0 Å². The van der Waals surface area contributed by atoms with Crippen LogP contribution in [-0.2, 0) is 15.0 Å². The molecule has 1 aromatic carbocycles. The number of ether oxygens (including phenoxy) is 1. The van der Waals surface area contributed by atoms with Crippen molar-refractivity contribution in [2.24, 2.45) is 0 Å². The van der Waals surface area contributed by atoms with Crippen molar-refractivity contribution in [3.05, 3.63) is 29.8 Å². The lowest BCUT2D eigenvalue weighted by atomic mass is 9.77. The van der Waals surface area contributed by atoms with Gasteiger partial charge in [-0.05, 0) is 43.4 Å². The Morgan fingerprint density at radius 1 is 1.29 bits per heavy atom. The van der Waals surface area contributed by atoms with E-state index in [0.717, 1.165) is 49.8 Å². The number of aliphatic carboxylic acids is 1. The number of carbonyl (C=O) groups is 2. The van der Waals surface area contributed by atoms with Crippen molar-refractivity contribution in [3.8, 4) is 5.75 Å². The smallest absolute Gasteiger partial charge is 0.305 e. The van der Waals surface area contributed by atoms with Crippen molar-refractivity contribution in [2.45, 2.75) is 56.4 Å². The van der Waals surface area contributed by atoms with Crippen LogP contribution in [0.25, 0.3) is 0 Å². The van der Waals surface area contributed by atoms with Crippen LogP contribution in [-0.4, -0.2) is 41.6 Å². The Balaban J connectivity index is 1.92. The average Bonchev–Trinajstić information content (AvgIpc) is 3.24. The molecule has 1 aliphatic carbocycles. The Morgan fingerprint density at radius 2 is 2.04 bits per heavy atom. The molecule has 1 aliphatic heterocycles. The third-order valence-corrected chi connectivity index (χ3v) is 5.54. The van der Waals surface area contributed by atoms with Crippen LogP contribution in [0.15, 0.2) is 24.3 Å². The van der Waals surface area contributed by atoms with E-state index >= 15 is 0 Å². The molecule has 1 N–H and O–H groups in total. The number of likely N-dealkylation sites (tertiary alicyclic amines) is 1. The van der Waals surface area contributed by atoms with Gasteiger partial charge >= 0.3 is 5.97 Å². The highest BCUT2D eigenvalue weighted by molar-refractivity contribution is 5.89. The largest absolute Gasteiger partial charge is 0.497 e. The summed E-state index contributed by atoms with van der Waals surface area (Å²) in [7, 11) is 1.63. The summed E-state index contributed by atoms with van der Waals surface area (Å²) < 4.78 is 5.34.